The van der Waals surface area contributed by atoms with Crippen LogP contribution in [0.25, 0.3) is 17.1 Å². The van der Waals surface area contributed by atoms with Crippen LogP contribution in [0.15, 0.2) is 113 Å². The first-order chi connectivity index (χ1) is 24.5. The molecule has 0 radical (unpaired) electrons. The van der Waals surface area contributed by atoms with Crippen molar-refractivity contribution in [2.45, 2.75) is 26.8 Å². The standard InChI is InChI=1S/C35H30F3N7O5S/c1-23-7-6-8-24(2)31(23)42-33(51-50-30(46)20-39-34(47)48-21-26-9-4-3-5-10-26)43-41-19-25-11-13-27(14-12-25)32-40-22-45(44-32)28-15-17-29(18-16-28)49-35(36,37)38/h3-19,22H,20-21H2,1-2H3,(H,39,47)(H,42,43)/b41-19+. The number of amides is 1. The number of para-hydroxylation sites is 1. The first kappa shape index (κ1) is 36.1. The van der Waals surface area contributed by atoms with Crippen LogP contribution in [0.1, 0.15) is 22.3 Å². The van der Waals surface area contributed by atoms with Crippen LogP contribution in [-0.2, 0) is 20.3 Å². The highest BCUT2D eigenvalue weighted by molar-refractivity contribution is 8.10. The van der Waals surface area contributed by atoms with Gasteiger partial charge in [-0.25, -0.2) is 24.2 Å². The number of alkyl carbamates (subject to hydrolysis) is 1. The van der Waals surface area contributed by atoms with E-state index < -0.39 is 25.0 Å². The molecule has 0 aliphatic rings. The molecule has 1 amide bonds. The number of alkyl halides is 3. The predicted molar refractivity (Wildman–Crippen MR) is 186 cm³/mol. The molecule has 2 N–H and O–H groups in total. The Morgan fingerprint density at radius 3 is 2.31 bits per heavy atom. The minimum atomic E-state index is -4.78. The second-order valence-electron chi connectivity index (χ2n) is 10.7. The molecule has 5 rings (SSSR count). The number of nitrogens with one attached hydrogen (secondary N) is 2. The van der Waals surface area contributed by atoms with Gasteiger partial charge in [0.25, 0.3) is 0 Å². The Hall–Kier alpha value is -6.16. The number of rotatable bonds is 10. The molecule has 1 heterocycles. The molecule has 0 saturated heterocycles. The molecule has 1 aromatic heterocycles. The molecule has 0 aliphatic heterocycles. The Morgan fingerprint density at radius 1 is 0.922 bits per heavy atom. The summed E-state index contributed by atoms with van der Waals surface area (Å²) in [6, 6.07) is 27.2. The average Bonchev–Trinajstić information content (AvgIpc) is 3.61. The molecule has 262 valence electrons. The molecular weight excluding hydrogens is 687 g/mol. The van der Waals surface area contributed by atoms with Crippen molar-refractivity contribution < 1.29 is 36.4 Å². The number of aryl methyl sites for hydroxylation is 2. The first-order valence-corrected chi connectivity index (χ1v) is 15.9. The van der Waals surface area contributed by atoms with Gasteiger partial charge in [-0.15, -0.1) is 18.3 Å². The number of ether oxygens (including phenoxy) is 2. The van der Waals surface area contributed by atoms with Crippen LogP contribution in [0.3, 0.4) is 0 Å². The lowest BCUT2D eigenvalue weighted by Crippen LogP contribution is -2.30. The number of aliphatic imine (C=N–C) groups is 1. The third-order valence-electron chi connectivity index (χ3n) is 6.83. The van der Waals surface area contributed by atoms with Crippen LogP contribution in [0.2, 0.25) is 0 Å². The lowest BCUT2D eigenvalue weighted by molar-refractivity contribution is -0.274. The third kappa shape index (κ3) is 11.2. The number of halogens is 3. The topological polar surface area (TPSA) is 141 Å². The third-order valence-corrected chi connectivity index (χ3v) is 7.44. The fourth-order valence-corrected chi connectivity index (χ4v) is 4.83. The van der Waals surface area contributed by atoms with Crippen molar-refractivity contribution in [3.63, 3.8) is 0 Å². The lowest BCUT2D eigenvalue weighted by Gasteiger charge is -2.09. The maximum atomic E-state index is 12.5. The van der Waals surface area contributed by atoms with Gasteiger partial charge in [0, 0.05) is 5.56 Å². The van der Waals surface area contributed by atoms with E-state index in [4.69, 9.17) is 8.92 Å². The Balaban J connectivity index is 1.18. The van der Waals surface area contributed by atoms with Gasteiger partial charge in [-0.05, 0) is 60.4 Å². The van der Waals surface area contributed by atoms with Crippen LogP contribution < -0.4 is 15.5 Å². The SMILES string of the molecule is Cc1cccc(C)c1/N=C(/N/N=C/c1ccc(-c2ncn(-c3ccc(OC(F)(F)F)cc3)n2)cc1)SOC(=O)CNC(=O)OCc1ccccc1. The quantitative estimate of drug-likeness (QED) is 0.0665. The molecule has 12 nitrogen and oxygen atoms in total. The number of hydrazone groups is 1. The van der Waals surface area contributed by atoms with Crippen molar-refractivity contribution in [3.8, 4) is 22.8 Å². The van der Waals surface area contributed by atoms with Crippen molar-refractivity contribution >= 4 is 41.2 Å². The number of benzene rings is 4. The zero-order valence-electron chi connectivity index (χ0n) is 27.1. The number of amidine groups is 1. The summed E-state index contributed by atoms with van der Waals surface area (Å²) in [4.78, 5) is 33.3. The molecule has 4 aromatic carbocycles. The minimum Gasteiger partial charge on any atom is -0.445 e. The number of nitrogens with zero attached hydrogens (tertiary/aromatic N) is 5. The Labute approximate surface area is 294 Å². The van der Waals surface area contributed by atoms with Crippen molar-refractivity contribution in [1.82, 2.24) is 25.5 Å². The van der Waals surface area contributed by atoms with Gasteiger partial charge in [-0.3, -0.25) is 5.43 Å². The molecule has 5 aromatic rings. The van der Waals surface area contributed by atoms with Crippen molar-refractivity contribution in [2.24, 2.45) is 10.1 Å². The van der Waals surface area contributed by atoms with Crippen molar-refractivity contribution in [3.05, 3.63) is 126 Å². The molecule has 16 heteroatoms. The number of carbonyl (C=O) groups excluding carboxylic acids is 2. The summed E-state index contributed by atoms with van der Waals surface area (Å²) < 4.78 is 53.1. The van der Waals surface area contributed by atoms with Crippen LogP contribution in [0.5, 0.6) is 5.75 Å². The second-order valence-corrected chi connectivity index (χ2v) is 11.4. The molecule has 0 spiro atoms. The van der Waals surface area contributed by atoms with Gasteiger partial charge in [0.15, 0.2) is 5.82 Å². The van der Waals surface area contributed by atoms with Crippen molar-refractivity contribution in [2.75, 3.05) is 6.54 Å². The predicted octanol–water partition coefficient (Wildman–Crippen LogP) is 7.18. The van der Waals surface area contributed by atoms with E-state index in [1.165, 1.54) is 41.5 Å². The maximum Gasteiger partial charge on any atom is 0.573 e. The monoisotopic (exact) mass is 717 g/mol. The molecule has 0 atom stereocenters. The van der Waals surface area contributed by atoms with Gasteiger partial charge in [-0.2, -0.15) is 5.10 Å². The number of hydrogen-bond donors (Lipinski definition) is 2. The van der Waals surface area contributed by atoms with Crippen LogP contribution >= 0.6 is 12.0 Å². The Kier molecular flexibility index (Phi) is 12.0. The minimum absolute atomic E-state index is 0.0553. The van der Waals surface area contributed by atoms with E-state index in [9.17, 15) is 22.8 Å². The van der Waals surface area contributed by atoms with E-state index >= 15 is 0 Å². The molecule has 0 fully saturated rings. The fourth-order valence-electron chi connectivity index (χ4n) is 4.38. The summed E-state index contributed by atoms with van der Waals surface area (Å²) in [6.07, 6.45) is -2.56. The first-order valence-electron chi connectivity index (χ1n) is 15.2. The lowest BCUT2D eigenvalue weighted by atomic mass is 10.1. The smallest absolute Gasteiger partial charge is 0.445 e. The molecular formula is C35H30F3N7O5S. The normalized spacial score (nSPS) is 11.7. The van der Waals surface area contributed by atoms with Gasteiger partial charge in [0.2, 0.25) is 5.17 Å². The summed E-state index contributed by atoms with van der Waals surface area (Å²) in [6.45, 7) is 3.43. The number of carbonyl (C=O) groups is 2. The largest absolute Gasteiger partial charge is 0.573 e. The van der Waals surface area contributed by atoms with Crippen LogP contribution in [0.4, 0.5) is 23.7 Å². The highest BCUT2D eigenvalue weighted by Crippen LogP contribution is 2.26. The van der Waals surface area contributed by atoms with Gasteiger partial charge < -0.3 is 19.0 Å². The summed E-state index contributed by atoms with van der Waals surface area (Å²) in [7, 11) is 0. The Morgan fingerprint density at radius 2 is 1.63 bits per heavy atom. The maximum absolute atomic E-state index is 12.5. The van der Waals surface area contributed by atoms with Gasteiger partial charge in [0.05, 0.1) is 17.6 Å². The average molecular weight is 718 g/mol. The van der Waals surface area contributed by atoms with Crippen molar-refractivity contribution in [1.29, 1.82) is 0 Å². The van der Waals surface area contributed by atoms with E-state index in [0.717, 1.165) is 16.7 Å². The van der Waals surface area contributed by atoms with E-state index in [2.05, 4.69) is 35.7 Å². The van der Waals surface area contributed by atoms with Crippen LogP contribution in [-0.4, -0.2) is 51.1 Å². The fraction of sp³-hybridized carbons (Fsp3) is 0.143. The second kappa shape index (κ2) is 17.0. The van der Waals surface area contributed by atoms with E-state index in [0.29, 0.717) is 40.4 Å². The molecule has 0 bridgehead atoms. The van der Waals surface area contributed by atoms with Gasteiger partial charge in [-0.1, -0.05) is 72.8 Å². The molecule has 0 aliphatic carbocycles. The van der Waals surface area contributed by atoms with E-state index in [1.807, 2.05) is 62.4 Å². The highest BCUT2D eigenvalue weighted by Gasteiger charge is 2.31. The van der Waals surface area contributed by atoms with Gasteiger partial charge in [0.1, 0.15) is 37.3 Å². The summed E-state index contributed by atoms with van der Waals surface area (Å²) in [5, 5.41) is 11.2. The Bertz CT molecular complexity index is 1980. The highest BCUT2D eigenvalue weighted by atomic mass is 32.2. The summed E-state index contributed by atoms with van der Waals surface area (Å²) in [5.74, 6) is -0.684. The van der Waals surface area contributed by atoms with E-state index in [1.54, 1.807) is 24.3 Å². The molecule has 0 unspecified atom stereocenters. The summed E-state index contributed by atoms with van der Waals surface area (Å²) in [5.41, 5.74) is 7.96. The van der Waals surface area contributed by atoms with Crippen LogP contribution in [0, 0.1) is 13.8 Å². The van der Waals surface area contributed by atoms with Gasteiger partial charge >= 0.3 is 18.4 Å². The number of hydrogen-bond acceptors (Lipinski definition) is 10. The molecule has 0 saturated carbocycles. The van der Waals surface area contributed by atoms with E-state index in [-0.39, 0.29) is 17.5 Å². The zero-order valence-corrected chi connectivity index (χ0v) is 27.9. The number of aromatic nitrogens is 3. The molecule has 51 heavy (non-hydrogen) atoms. The summed E-state index contributed by atoms with van der Waals surface area (Å²) >= 11 is 0.650. The zero-order chi connectivity index (χ0) is 36.2.